The first-order valence-corrected chi connectivity index (χ1v) is 6.83. The Labute approximate surface area is 114 Å². The lowest BCUT2D eigenvalue weighted by Gasteiger charge is -2.26. The third-order valence-electron chi connectivity index (χ3n) is 3.63. The molecule has 19 heavy (non-hydrogen) atoms. The van der Waals surface area contributed by atoms with Gasteiger partial charge in [0.1, 0.15) is 5.75 Å². The predicted molar refractivity (Wildman–Crippen MR) is 75.0 cm³/mol. The highest BCUT2D eigenvalue weighted by atomic mass is 16.5. The van der Waals surface area contributed by atoms with Crippen LogP contribution >= 0.6 is 0 Å². The fourth-order valence-electron chi connectivity index (χ4n) is 2.34. The summed E-state index contributed by atoms with van der Waals surface area (Å²) in [6.07, 6.45) is 2.04. The number of carbonyl (C=O) groups excluding carboxylic acids is 1. The molecule has 4 nitrogen and oxygen atoms in total. The highest BCUT2D eigenvalue weighted by molar-refractivity contribution is 5.79. The maximum Gasteiger partial charge on any atom is 0.224 e. The van der Waals surface area contributed by atoms with Crippen LogP contribution in [0.25, 0.3) is 0 Å². The number of piperidine rings is 1. The number of ether oxygens (including phenoxy) is 1. The Morgan fingerprint density at radius 3 is 3.00 bits per heavy atom. The van der Waals surface area contributed by atoms with Crippen LogP contribution in [0.5, 0.6) is 5.75 Å². The molecule has 1 fully saturated rings. The van der Waals surface area contributed by atoms with Crippen LogP contribution in [0.4, 0.5) is 0 Å². The van der Waals surface area contributed by atoms with Gasteiger partial charge >= 0.3 is 0 Å². The smallest absolute Gasteiger partial charge is 0.224 e. The van der Waals surface area contributed by atoms with E-state index in [4.69, 9.17) is 4.74 Å². The monoisotopic (exact) mass is 262 g/mol. The molecule has 2 unspecified atom stereocenters. The Bertz CT molecular complexity index is 426. The van der Waals surface area contributed by atoms with Gasteiger partial charge in [0.25, 0.3) is 0 Å². The first kappa shape index (κ1) is 13.9. The molecular weight excluding hydrogens is 240 g/mol. The molecule has 1 heterocycles. The van der Waals surface area contributed by atoms with Gasteiger partial charge in [0, 0.05) is 19.1 Å². The van der Waals surface area contributed by atoms with E-state index in [0.29, 0.717) is 12.6 Å². The Kier molecular flexibility index (Phi) is 4.80. The SMILES string of the molecule is COc1cccc(CNC(=O)C2CCC(C)NC2)c1. The molecule has 1 aromatic rings. The van der Waals surface area contributed by atoms with Gasteiger partial charge in [-0.05, 0) is 37.5 Å². The van der Waals surface area contributed by atoms with Gasteiger partial charge in [0.15, 0.2) is 0 Å². The summed E-state index contributed by atoms with van der Waals surface area (Å²) in [5, 5.41) is 6.35. The quantitative estimate of drug-likeness (QED) is 0.868. The van der Waals surface area contributed by atoms with Crippen molar-refractivity contribution in [2.75, 3.05) is 13.7 Å². The fraction of sp³-hybridized carbons (Fsp3) is 0.533. The Balaban J connectivity index is 1.82. The van der Waals surface area contributed by atoms with Crippen molar-refractivity contribution in [1.29, 1.82) is 0 Å². The van der Waals surface area contributed by atoms with E-state index in [1.807, 2.05) is 24.3 Å². The topological polar surface area (TPSA) is 50.4 Å². The molecule has 4 heteroatoms. The summed E-state index contributed by atoms with van der Waals surface area (Å²) in [7, 11) is 1.65. The molecular formula is C15H22N2O2. The van der Waals surface area contributed by atoms with E-state index in [1.165, 1.54) is 0 Å². The molecule has 0 aromatic heterocycles. The van der Waals surface area contributed by atoms with Crippen LogP contribution in [0.15, 0.2) is 24.3 Å². The Hall–Kier alpha value is -1.55. The predicted octanol–water partition coefficient (Wildman–Crippen LogP) is 1.70. The van der Waals surface area contributed by atoms with Crippen LogP contribution in [0.2, 0.25) is 0 Å². The molecule has 0 radical (unpaired) electrons. The second-order valence-corrected chi connectivity index (χ2v) is 5.15. The number of nitrogens with one attached hydrogen (secondary N) is 2. The maximum absolute atomic E-state index is 12.1. The molecule has 2 rings (SSSR count). The molecule has 0 aliphatic carbocycles. The van der Waals surface area contributed by atoms with Gasteiger partial charge in [0.05, 0.1) is 13.0 Å². The molecule has 0 bridgehead atoms. The van der Waals surface area contributed by atoms with E-state index in [-0.39, 0.29) is 11.8 Å². The summed E-state index contributed by atoms with van der Waals surface area (Å²) < 4.78 is 5.17. The lowest BCUT2D eigenvalue weighted by Crippen LogP contribution is -2.43. The van der Waals surface area contributed by atoms with Gasteiger partial charge in [-0.3, -0.25) is 4.79 Å². The highest BCUT2D eigenvalue weighted by Gasteiger charge is 2.23. The normalized spacial score (nSPS) is 22.8. The van der Waals surface area contributed by atoms with Gasteiger partial charge in [-0.2, -0.15) is 0 Å². The van der Waals surface area contributed by atoms with Crippen LogP contribution in [0.3, 0.4) is 0 Å². The van der Waals surface area contributed by atoms with Crippen LogP contribution in [0, 0.1) is 5.92 Å². The Morgan fingerprint density at radius 1 is 1.47 bits per heavy atom. The number of amides is 1. The van der Waals surface area contributed by atoms with E-state index >= 15 is 0 Å². The van der Waals surface area contributed by atoms with Crippen molar-refractivity contribution in [3.05, 3.63) is 29.8 Å². The van der Waals surface area contributed by atoms with Gasteiger partial charge in [0.2, 0.25) is 5.91 Å². The maximum atomic E-state index is 12.1. The van der Waals surface area contributed by atoms with Gasteiger partial charge in [-0.1, -0.05) is 12.1 Å². The molecule has 2 N–H and O–H groups in total. The average molecular weight is 262 g/mol. The summed E-state index contributed by atoms with van der Waals surface area (Å²) >= 11 is 0. The number of hydrogen-bond donors (Lipinski definition) is 2. The number of rotatable bonds is 4. The van der Waals surface area contributed by atoms with E-state index in [9.17, 15) is 4.79 Å². The lowest BCUT2D eigenvalue weighted by atomic mass is 9.95. The zero-order chi connectivity index (χ0) is 13.7. The summed E-state index contributed by atoms with van der Waals surface area (Å²) in [6.45, 7) is 3.50. The van der Waals surface area contributed by atoms with Crippen molar-refractivity contribution < 1.29 is 9.53 Å². The standard InChI is InChI=1S/C15H22N2O2/c1-11-6-7-13(10-16-11)15(18)17-9-12-4-3-5-14(8-12)19-2/h3-5,8,11,13,16H,6-7,9-10H2,1-2H3,(H,17,18). The minimum Gasteiger partial charge on any atom is -0.497 e. The summed E-state index contributed by atoms with van der Waals surface area (Å²) in [5.74, 6) is 1.06. The zero-order valence-corrected chi connectivity index (χ0v) is 11.6. The molecule has 0 spiro atoms. The fourth-order valence-corrected chi connectivity index (χ4v) is 2.34. The average Bonchev–Trinajstić information content (AvgIpc) is 2.46. The van der Waals surface area contributed by atoms with E-state index < -0.39 is 0 Å². The number of carbonyl (C=O) groups is 1. The van der Waals surface area contributed by atoms with Crippen molar-refractivity contribution in [1.82, 2.24) is 10.6 Å². The minimum absolute atomic E-state index is 0.0989. The van der Waals surface area contributed by atoms with Crippen LogP contribution in [-0.2, 0) is 11.3 Å². The number of hydrogen-bond acceptors (Lipinski definition) is 3. The number of benzene rings is 1. The third kappa shape index (κ3) is 3.96. The van der Waals surface area contributed by atoms with Crippen molar-refractivity contribution in [2.45, 2.75) is 32.4 Å². The van der Waals surface area contributed by atoms with Gasteiger partial charge < -0.3 is 15.4 Å². The summed E-state index contributed by atoms with van der Waals surface area (Å²) in [4.78, 5) is 12.1. The van der Waals surface area contributed by atoms with Gasteiger partial charge in [-0.25, -0.2) is 0 Å². The molecule has 1 aromatic carbocycles. The Morgan fingerprint density at radius 2 is 2.32 bits per heavy atom. The second kappa shape index (κ2) is 6.57. The molecule has 1 aliphatic heterocycles. The lowest BCUT2D eigenvalue weighted by molar-refractivity contribution is -0.125. The number of methoxy groups -OCH3 is 1. The molecule has 104 valence electrons. The van der Waals surface area contributed by atoms with Crippen LogP contribution in [0.1, 0.15) is 25.3 Å². The van der Waals surface area contributed by atoms with Crippen LogP contribution < -0.4 is 15.4 Å². The van der Waals surface area contributed by atoms with Crippen molar-refractivity contribution in [3.8, 4) is 5.75 Å². The van der Waals surface area contributed by atoms with E-state index in [2.05, 4.69) is 17.6 Å². The molecule has 0 saturated carbocycles. The zero-order valence-electron chi connectivity index (χ0n) is 11.6. The molecule has 1 amide bonds. The van der Waals surface area contributed by atoms with Gasteiger partial charge in [-0.15, -0.1) is 0 Å². The van der Waals surface area contributed by atoms with Crippen molar-refractivity contribution >= 4 is 5.91 Å². The molecule has 1 aliphatic rings. The molecule has 2 atom stereocenters. The van der Waals surface area contributed by atoms with Crippen molar-refractivity contribution in [3.63, 3.8) is 0 Å². The largest absolute Gasteiger partial charge is 0.497 e. The second-order valence-electron chi connectivity index (χ2n) is 5.15. The summed E-state index contributed by atoms with van der Waals surface area (Å²) in [6, 6.07) is 8.30. The van der Waals surface area contributed by atoms with Crippen LogP contribution in [-0.4, -0.2) is 25.6 Å². The minimum atomic E-state index is 0.0989. The van der Waals surface area contributed by atoms with E-state index in [0.717, 1.165) is 30.7 Å². The first-order chi connectivity index (χ1) is 9.19. The van der Waals surface area contributed by atoms with Crippen molar-refractivity contribution in [2.24, 2.45) is 5.92 Å². The first-order valence-electron chi connectivity index (χ1n) is 6.83. The third-order valence-corrected chi connectivity index (χ3v) is 3.63. The summed E-state index contributed by atoms with van der Waals surface area (Å²) in [5.41, 5.74) is 1.06. The highest BCUT2D eigenvalue weighted by Crippen LogP contribution is 2.15. The molecule has 1 saturated heterocycles. The van der Waals surface area contributed by atoms with E-state index in [1.54, 1.807) is 7.11 Å².